The standard InChI is InChI=1S/C14H9NO3/c16-11-3-1-2-9-13(11)12(17)6-10(14(9)18)8-4-5-15-7-8/h1-7,15-16H. The molecule has 0 saturated carbocycles. The van der Waals surface area contributed by atoms with Gasteiger partial charge in [-0.1, -0.05) is 12.1 Å². The molecule has 0 fully saturated rings. The van der Waals surface area contributed by atoms with Crippen molar-refractivity contribution < 1.29 is 14.7 Å². The zero-order valence-corrected chi connectivity index (χ0v) is 9.31. The fraction of sp³-hybridized carbons (Fsp3) is 0. The monoisotopic (exact) mass is 239 g/mol. The van der Waals surface area contributed by atoms with E-state index in [0.717, 1.165) is 0 Å². The van der Waals surface area contributed by atoms with Crippen molar-refractivity contribution in [3.05, 3.63) is 59.4 Å². The van der Waals surface area contributed by atoms with Gasteiger partial charge in [-0.3, -0.25) is 9.59 Å². The maximum atomic E-state index is 12.3. The first-order valence-electron chi connectivity index (χ1n) is 5.44. The lowest BCUT2D eigenvalue weighted by Gasteiger charge is -2.15. The van der Waals surface area contributed by atoms with Gasteiger partial charge in [-0.2, -0.15) is 0 Å². The van der Waals surface area contributed by atoms with E-state index in [1.54, 1.807) is 30.6 Å². The molecule has 0 amide bonds. The van der Waals surface area contributed by atoms with Gasteiger partial charge in [0.25, 0.3) is 0 Å². The summed E-state index contributed by atoms with van der Waals surface area (Å²) in [6.45, 7) is 0. The smallest absolute Gasteiger partial charge is 0.194 e. The minimum Gasteiger partial charge on any atom is -0.507 e. The molecule has 1 heterocycles. The molecule has 2 aromatic rings. The molecule has 4 nitrogen and oxygen atoms in total. The van der Waals surface area contributed by atoms with Gasteiger partial charge < -0.3 is 10.1 Å². The second-order valence-electron chi connectivity index (χ2n) is 4.05. The number of ketones is 2. The topological polar surface area (TPSA) is 70.2 Å². The highest BCUT2D eigenvalue weighted by molar-refractivity contribution is 6.39. The Morgan fingerprint density at radius 3 is 2.67 bits per heavy atom. The molecule has 0 atom stereocenters. The van der Waals surface area contributed by atoms with Gasteiger partial charge >= 0.3 is 0 Å². The van der Waals surface area contributed by atoms with Gasteiger partial charge in [-0.25, -0.2) is 0 Å². The van der Waals surface area contributed by atoms with Crippen LogP contribution in [0.1, 0.15) is 26.3 Å². The Bertz CT molecular complexity index is 681. The van der Waals surface area contributed by atoms with E-state index in [0.29, 0.717) is 11.1 Å². The first-order chi connectivity index (χ1) is 8.68. The molecule has 0 bridgehead atoms. The fourth-order valence-electron chi connectivity index (χ4n) is 2.11. The predicted molar refractivity (Wildman–Crippen MR) is 65.5 cm³/mol. The van der Waals surface area contributed by atoms with E-state index in [1.807, 2.05) is 0 Å². The number of Topliss-reactive ketones (excluding diaryl/α,β-unsaturated/α-hetero) is 1. The van der Waals surface area contributed by atoms with Crippen molar-refractivity contribution in [2.24, 2.45) is 0 Å². The van der Waals surface area contributed by atoms with E-state index in [9.17, 15) is 14.7 Å². The molecule has 1 aromatic carbocycles. The van der Waals surface area contributed by atoms with E-state index < -0.39 is 0 Å². The number of aromatic nitrogens is 1. The number of carbonyl (C=O) groups excluding carboxylic acids is 2. The third-order valence-corrected chi connectivity index (χ3v) is 2.96. The number of H-pyrrole nitrogens is 1. The van der Waals surface area contributed by atoms with Crippen molar-refractivity contribution in [1.82, 2.24) is 4.98 Å². The fourth-order valence-corrected chi connectivity index (χ4v) is 2.11. The van der Waals surface area contributed by atoms with Crippen LogP contribution in [0.15, 0.2) is 42.7 Å². The van der Waals surface area contributed by atoms with E-state index in [-0.39, 0.29) is 28.4 Å². The number of fused-ring (bicyclic) bond motifs is 1. The van der Waals surface area contributed by atoms with Gasteiger partial charge in [0.2, 0.25) is 0 Å². The van der Waals surface area contributed by atoms with E-state index >= 15 is 0 Å². The minimum absolute atomic E-state index is 0.0850. The summed E-state index contributed by atoms with van der Waals surface area (Å²) in [5.41, 5.74) is 1.35. The Balaban J connectivity index is 2.21. The lowest BCUT2D eigenvalue weighted by molar-refractivity contribution is 0.0999. The summed E-state index contributed by atoms with van der Waals surface area (Å²) >= 11 is 0. The molecular weight excluding hydrogens is 230 g/mol. The number of benzene rings is 1. The molecule has 4 heteroatoms. The lowest BCUT2D eigenvalue weighted by Crippen LogP contribution is -2.16. The summed E-state index contributed by atoms with van der Waals surface area (Å²) in [5.74, 6) is -0.755. The number of hydrogen-bond donors (Lipinski definition) is 2. The summed E-state index contributed by atoms with van der Waals surface area (Å²) in [7, 11) is 0. The average molecular weight is 239 g/mol. The summed E-state index contributed by atoms with van der Waals surface area (Å²) < 4.78 is 0. The molecule has 0 radical (unpaired) electrons. The summed E-state index contributed by atoms with van der Waals surface area (Å²) in [4.78, 5) is 27.1. The molecule has 2 N–H and O–H groups in total. The van der Waals surface area contributed by atoms with Gasteiger partial charge in [0.1, 0.15) is 5.75 Å². The SMILES string of the molecule is O=C1C(c2cc[nH]c2)=CC(=O)c2c(O)cccc21. The number of allylic oxidation sites excluding steroid dienone is 2. The quantitative estimate of drug-likeness (QED) is 0.801. The van der Waals surface area contributed by atoms with Crippen LogP contribution in [0.2, 0.25) is 0 Å². The van der Waals surface area contributed by atoms with Crippen molar-refractivity contribution in [3.63, 3.8) is 0 Å². The van der Waals surface area contributed by atoms with Crippen LogP contribution in [0.25, 0.3) is 5.57 Å². The van der Waals surface area contributed by atoms with Gasteiger partial charge in [-0.15, -0.1) is 0 Å². The molecule has 0 aliphatic heterocycles. The first kappa shape index (κ1) is 10.5. The molecule has 1 aliphatic carbocycles. The van der Waals surface area contributed by atoms with Crippen molar-refractivity contribution in [3.8, 4) is 5.75 Å². The van der Waals surface area contributed by atoms with Gasteiger partial charge in [-0.05, 0) is 18.2 Å². The van der Waals surface area contributed by atoms with Crippen LogP contribution < -0.4 is 0 Å². The van der Waals surface area contributed by atoms with Crippen molar-refractivity contribution in [2.45, 2.75) is 0 Å². The van der Waals surface area contributed by atoms with E-state index in [2.05, 4.69) is 4.98 Å². The second kappa shape index (κ2) is 3.70. The van der Waals surface area contributed by atoms with Crippen LogP contribution >= 0.6 is 0 Å². The average Bonchev–Trinajstić information content (AvgIpc) is 2.87. The first-order valence-corrected chi connectivity index (χ1v) is 5.44. The van der Waals surface area contributed by atoms with Crippen LogP contribution in [-0.4, -0.2) is 21.7 Å². The Labute approximate surface area is 103 Å². The third kappa shape index (κ3) is 1.39. The highest BCUT2D eigenvalue weighted by Crippen LogP contribution is 2.31. The van der Waals surface area contributed by atoms with Crippen LogP contribution in [0.3, 0.4) is 0 Å². The van der Waals surface area contributed by atoms with E-state index in [1.165, 1.54) is 12.1 Å². The number of rotatable bonds is 1. The predicted octanol–water partition coefficient (Wildman–Crippen LogP) is 2.18. The number of nitrogens with one attached hydrogen (secondary N) is 1. The van der Waals surface area contributed by atoms with Crippen LogP contribution in [-0.2, 0) is 0 Å². The normalized spacial score (nSPS) is 14.3. The van der Waals surface area contributed by atoms with Gasteiger partial charge in [0.05, 0.1) is 5.56 Å². The number of phenols is 1. The zero-order chi connectivity index (χ0) is 12.7. The van der Waals surface area contributed by atoms with Gasteiger partial charge in [0.15, 0.2) is 11.6 Å². The van der Waals surface area contributed by atoms with Crippen molar-refractivity contribution in [2.75, 3.05) is 0 Å². The van der Waals surface area contributed by atoms with Crippen LogP contribution in [0.5, 0.6) is 5.75 Å². The molecule has 0 unspecified atom stereocenters. The maximum Gasteiger partial charge on any atom is 0.194 e. The minimum atomic E-state index is -0.348. The lowest BCUT2D eigenvalue weighted by atomic mass is 9.86. The second-order valence-corrected chi connectivity index (χ2v) is 4.05. The molecular formula is C14H9NO3. The Hall–Kier alpha value is -2.62. The van der Waals surface area contributed by atoms with Crippen molar-refractivity contribution in [1.29, 1.82) is 0 Å². The summed E-state index contributed by atoms with van der Waals surface area (Å²) in [5, 5.41) is 9.65. The highest BCUT2D eigenvalue weighted by atomic mass is 16.3. The number of aromatic amines is 1. The Morgan fingerprint density at radius 2 is 1.94 bits per heavy atom. The summed E-state index contributed by atoms with van der Waals surface area (Å²) in [6, 6.07) is 6.23. The van der Waals surface area contributed by atoms with Crippen molar-refractivity contribution >= 4 is 17.1 Å². The number of carbonyl (C=O) groups is 2. The van der Waals surface area contributed by atoms with Gasteiger partial charge in [0, 0.05) is 29.1 Å². The Morgan fingerprint density at radius 1 is 1.11 bits per heavy atom. The molecule has 88 valence electrons. The summed E-state index contributed by atoms with van der Waals surface area (Å²) in [6.07, 6.45) is 4.62. The number of phenolic OH excluding ortho intramolecular Hbond substituents is 1. The number of aromatic hydroxyl groups is 1. The number of hydrogen-bond acceptors (Lipinski definition) is 3. The third-order valence-electron chi connectivity index (χ3n) is 2.96. The van der Waals surface area contributed by atoms with Crippen LogP contribution in [0.4, 0.5) is 0 Å². The molecule has 0 spiro atoms. The molecule has 0 saturated heterocycles. The molecule has 3 rings (SSSR count). The van der Waals surface area contributed by atoms with Crippen LogP contribution in [0, 0.1) is 0 Å². The largest absolute Gasteiger partial charge is 0.507 e. The zero-order valence-electron chi connectivity index (χ0n) is 9.31. The van der Waals surface area contributed by atoms with E-state index in [4.69, 9.17) is 0 Å². The Kier molecular flexibility index (Phi) is 2.16. The molecule has 1 aliphatic rings. The molecule has 1 aromatic heterocycles. The molecule has 18 heavy (non-hydrogen) atoms. The highest BCUT2D eigenvalue weighted by Gasteiger charge is 2.28. The maximum absolute atomic E-state index is 12.3.